The van der Waals surface area contributed by atoms with Crippen molar-refractivity contribution in [1.82, 2.24) is 19.9 Å². The highest BCUT2D eigenvalue weighted by Gasteiger charge is 2.23. The van der Waals surface area contributed by atoms with Gasteiger partial charge in [-0.1, -0.05) is 6.07 Å². The summed E-state index contributed by atoms with van der Waals surface area (Å²) in [7, 11) is 0. The van der Waals surface area contributed by atoms with Gasteiger partial charge in [-0.3, -0.25) is 0 Å². The van der Waals surface area contributed by atoms with E-state index in [1.165, 1.54) is 0 Å². The molecule has 23 heavy (non-hydrogen) atoms. The first-order valence-electron chi connectivity index (χ1n) is 8.11. The van der Waals surface area contributed by atoms with Crippen LogP contribution in [-0.4, -0.2) is 51.2 Å². The molecule has 122 valence electrons. The molecular formula is C17H23N5O. The molecule has 0 unspecified atom stereocenters. The lowest BCUT2D eigenvalue weighted by Crippen LogP contribution is -2.36. The second-order valence-electron chi connectivity index (χ2n) is 5.96. The number of hydrogen-bond donors (Lipinski definition) is 2. The molecule has 0 bridgehead atoms. The maximum Gasteiger partial charge on any atom is 0.135 e. The predicted molar refractivity (Wildman–Crippen MR) is 89.8 cm³/mol. The average molecular weight is 313 g/mol. The van der Waals surface area contributed by atoms with Crippen molar-refractivity contribution >= 4 is 11.6 Å². The number of piperidine rings is 1. The lowest BCUT2D eigenvalue weighted by Gasteiger charge is -2.31. The van der Waals surface area contributed by atoms with Crippen molar-refractivity contribution in [2.75, 3.05) is 31.6 Å². The number of pyridine rings is 1. The second-order valence-corrected chi connectivity index (χ2v) is 5.96. The Kier molecular flexibility index (Phi) is 5.15. The zero-order valence-electron chi connectivity index (χ0n) is 13.4. The SMILES string of the molecule is Cc1cc(Nc2ccccn2)nc([C@@H]2CCCN(CCO)C2)n1. The van der Waals surface area contributed by atoms with E-state index in [0.29, 0.717) is 5.92 Å². The van der Waals surface area contributed by atoms with Gasteiger partial charge in [0.15, 0.2) is 0 Å². The second kappa shape index (κ2) is 7.48. The van der Waals surface area contributed by atoms with Crippen molar-refractivity contribution in [3.63, 3.8) is 0 Å². The van der Waals surface area contributed by atoms with Crippen LogP contribution in [0.1, 0.15) is 30.3 Å². The highest BCUT2D eigenvalue weighted by Crippen LogP contribution is 2.26. The number of aromatic nitrogens is 3. The first-order chi connectivity index (χ1) is 11.2. The van der Waals surface area contributed by atoms with Crippen molar-refractivity contribution in [3.05, 3.63) is 42.0 Å². The van der Waals surface area contributed by atoms with Gasteiger partial charge in [0.05, 0.1) is 6.61 Å². The Bertz CT molecular complexity index is 632. The third-order valence-corrected chi connectivity index (χ3v) is 4.08. The van der Waals surface area contributed by atoms with Crippen molar-refractivity contribution in [2.24, 2.45) is 0 Å². The molecule has 3 rings (SSSR count). The summed E-state index contributed by atoms with van der Waals surface area (Å²) in [6, 6.07) is 7.69. The molecule has 0 spiro atoms. The largest absolute Gasteiger partial charge is 0.395 e. The van der Waals surface area contributed by atoms with Gasteiger partial charge in [0.1, 0.15) is 17.5 Å². The smallest absolute Gasteiger partial charge is 0.135 e. The number of aliphatic hydroxyl groups is 1. The van der Waals surface area contributed by atoms with Crippen LogP contribution in [0.5, 0.6) is 0 Å². The van der Waals surface area contributed by atoms with Crippen LogP contribution < -0.4 is 5.32 Å². The number of nitrogens with zero attached hydrogens (tertiary/aromatic N) is 4. The van der Waals surface area contributed by atoms with E-state index < -0.39 is 0 Å². The molecule has 0 radical (unpaired) electrons. The lowest BCUT2D eigenvalue weighted by molar-refractivity contribution is 0.159. The van der Waals surface area contributed by atoms with Gasteiger partial charge in [-0.2, -0.15) is 0 Å². The summed E-state index contributed by atoms with van der Waals surface area (Å²) in [5.74, 6) is 2.76. The number of nitrogens with one attached hydrogen (secondary N) is 1. The van der Waals surface area contributed by atoms with Crippen molar-refractivity contribution in [3.8, 4) is 0 Å². The van der Waals surface area contributed by atoms with E-state index >= 15 is 0 Å². The molecule has 2 N–H and O–H groups in total. The molecule has 1 aliphatic heterocycles. The third-order valence-electron chi connectivity index (χ3n) is 4.08. The highest BCUT2D eigenvalue weighted by atomic mass is 16.3. The van der Waals surface area contributed by atoms with Gasteiger partial charge in [0.25, 0.3) is 0 Å². The number of likely N-dealkylation sites (tertiary alicyclic amines) is 1. The molecule has 1 aliphatic rings. The van der Waals surface area contributed by atoms with Gasteiger partial charge < -0.3 is 15.3 Å². The van der Waals surface area contributed by atoms with E-state index in [0.717, 1.165) is 55.6 Å². The van der Waals surface area contributed by atoms with Gasteiger partial charge in [-0.25, -0.2) is 15.0 Å². The topological polar surface area (TPSA) is 74.2 Å². The molecule has 6 nitrogen and oxygen atoms in total. The molecule has 0 amide bonds. The standard InChI is InChI=1S/C17H23N5O/c1-13-11-16(20-15-6-2-3-7-18-15)21-17(19-13)14-5-4-8-22(12-14)9-10-23/h2-3,6-7,11,14,23H,4-5,8-10,12H2,1H3,(H,18,19,20,21)/t14-/m1/s1. The number of anilines is 2. The molecule has 2 aromatic rings. The normalized spacial score (nSPS) is 18.8. The molecule has 0 aromatic carbocycles. The third kappa shape index (κ3) is 4.24. The minimum atomic E-state index is 0.202. The van der Waals surface area contributed by atoms with Crippen LogP contribution in [0.25, 0.3) is 0 Å². The summed E-state index contributed by atoms with van der Waals surface area (Å²) >= 11 is 0. The number of hydrogen-bond acceptors (Lipinski definition) is 6. The Balaban J connectivity index is 1.77. The zero-order valence-corrected chi connectivity index (χ0v) is 13.4. The number of aryl methyl sites for hydroxylation is 1. The van der Waals surface area contributed by atoms with Gasteiger partial charge >= 0.3 is 0 Å². The van der Waals surface area contributed by atoms with Gasteiger partial charge in [0, 0.05) is 37.0 Å². The Morgan fingerprint density at radius 3 is 3.00 bits per heavy atom. The maximum atomic E-state index is 9.14. The Morgan fingerprint density at radius 2 is 2.22 bits per heavy atom. The van der Waals surface area contributed by atoms with E-state index in [4.69, 9.17) is 10.1 Å². The Labute approximate surface area is 136 Å². The maximum absolute atomic E-state index is 9.14. The van der Waals surface area contributed by atoms with Crippen molar-refractivity contribution in [1.29, 1.82) is 0 Å². The fourth-order valence-corrected chi connectivity index (χ4v) is 3.02. The molecule has 1 saturated heterocycles. The number of aliphatic hydroxyl groups excluding tert-OH is 1. The van der Waals surface area contributed by atoms with Crippen LogP contribution in [0, 0.1) is 6.92 Å². The number of β-amino-alcohol motifs (C(OH)–C–C–N with tert-alkyl or cyclic N) is 1. The summed E-state index contributed by atoms with van der Waals surface area (Å²) in [5.41, 5.74) is 0.952. The van der Waals surface area contributed by atoms with E-state index in [-0.39, 0.29) is 6.61 Å². The molecule has 3 heterocycles. The average Bonchev–Trinajstić information content (AvgIpc) is 2.56. The van der Waals surface area contributed by atoms with Gasteiger partial charge in [-0.15, -0.1) is 0 Å². The molecule has 0 saturated carbocycles. The van der Waals surface area contributed by atoms with Gasteiger partial charge in [0.2, 0.25) is 0 Å². The molecule has 2 aromatic heterocycles. The summed E-state index contributed by atoms with van der Waals surface area (Å²) in [6.07, 6.45) is 3.96. The summed E-state index contributed by atoms with van der Waals surface area (Å²) in [6.45, 7) is 4.87. The minimum Gasteiger partial charge on any atom is -0.395 e. The summed E-state index contributed by atoms with van der Waals surface area (Å²) in [5, 5.41) is 12.4. The van der Waals surface area contributed by atoms with E-state index in [1.807, 2.05) is 31.2 Å². The molecule has 6 heteroatoms. The Hall–Kier alpha value is -2.05. The monoisotopic (exact) mass is 313 g/mol. The summed E-state index contributed by atoms with van der Waals surface area (Å²) < 4.78 is 0. The van der Waals surface area contributed by atoms with E-state index in [2.05, 4.69) is 20.2 Å². The minimum absolute atomic E-state index is 0.202. The highest BCUT2D eigenvalue weighted by molar-refractivity contribution is 5.51. The first kappa shape index (κ1) is 15.8. The quantitative estimate of drug-likeness (QED) is 0.880. The first-order valence-corrected chi connectivity index (χ1v) is 8.11. The van der Waals surface area contributed by atoms with E-state index in [1.54, 1.807) is 6.20 Å². The predicted octanol–water partition coefficient (Wildman–Crippen LogP) is 2.10. The van der Waals surface area contributed by atoms with Gasteiger partial charge in [-0.05, 0) is 38.4 Å². The van der Waals surface area contributed by atoms with Crippen LogP contribution >= 0.6 is 0 Å². The van der Waals surface area contributed by atoms with Crippen molar-refractivity contribution < 1.29 is 5.11 Å². The molecule has 0 aliphatic carbocycles. The summed E-state index contributed by atoms with van der Waals surface area (Å²) in [4.78, 5) is 15.9. The molecule has 1 atom stereocenters. The van der Waals surface area contributed by atoms with Crippen LogP contribution in [0.3, 0.4) is 0 Å². The zero-order chi connectivity index (χ0) is 16.1. The fraction of sp³-hybridized carbons (Fsp3) is 0.471. The van der Waals surface area contributed by atoms with Crippen LogP contribution in [0.4, 0.5) is 11.6 Å². The Morgan fingerprint density at radius 1 is 1.30 bits per heavy atom. The van der Waals surface area contributed by atoms with Crippen LogP contribution in [0.15, 0.2) is 30.5 Å². The van der Waals surface area contributed by atoms with Crippen LogP contribution in [-0.2, 0) is 0 Å². The number of rotatable bonds is 5. The lowest BCUT2D eigenvalue weighted by atomic mass is 9.97. The van der Waals surface area contributed by atoms with Crippen LogP contribution in [0.2, 0.25) is 0 Å². The molecule has 1 fully saturated rings. The molecular weight excluding hydrogens is 290 g/mol. The van der Waals surface area contributed by atoms with E-state index in [9.17, 15) is 0 Å². The van der Waals surface area contributed by atoms with Crippen molar-refractivity contribution in [2.45, 2.75) is 25.7 Å². The fourth-order valence-electron chi connectivity index (χ4n) is 3.02.